The first-order valence-electron chi connectivity index (χ1n) is 6.84. The number of aliphatic hydroxyl groups excluding tert-OH is 1. The second-order valence-corrected chi connectivity index (χ2v) is 5.23. The highest BCUT2D eigenvalue weighted by molar-refractivity contribution is 5.38. The van der Waals surface area contributed by atoms with Crippen LogP contribution < -0.4 is 0 Å². The fourth-order valence-electron chi connectivity index (χ4n) is 2.57. The van der Waals surface area contributed by atoms with Gasteiger partial charge in [0, 0.05) is 19.6 Å². The normalized spacial score (nSPS) is 23.2. The van der Waals surface area contributed by atoms with Gasteiger partial charge in [-0.05, 0) is 31.5 Å². The molecule has 0 spiro atoms. The Hall–Kier alpha value is -1.41. The summed E-state index contributed by atoms with van der Waals surface area (Å²) in [7, 11) is 0. The van der Waals surface area contributed by atoms with Gasteiger partial charge in [0.1, 0.15) is 12.4 Å². The van der Waals surface area contributed by atoms with Gasteiger partial charge in [-0.25, -0.2) is 4.39 Å². The van der Waals surface area contributed by atoms with Gasteiger partial charge in [-0.2, -0.15) is 0 Å². The maximum Gasteiger partial charge on any atom is 0.138 e. The number of morpholine rings is 1. The van der Waals surface area contributed by atoms with Crippen molar-refractivity contribution in [1.82, 2.24) is 4.90 Å². The van der Waals surface area contributed by atoms with Crippen LogP contribution in [-0.4, -0.2) is 41.9 Å². The van der Waals surface area contributed by atoms with Crippen LogP contribution in [0.5, 0.6) is 0 Å². The summed E-state index contributed by atoms with van der Waals surface area (Å²) in [6, 6.07) is 4.97. The average molecular weight is 277 g/mol. The van der Waals surface area contributed by atoms with Crippen LogP contribution in [0.25, 0.3) is 0 Å². The lowest BCUT2D eigenvalue weighted by molar-refractivity contribution is -0.0704. The summed E-state index contributed by atoms with van der Waals surface area (Å²) < 4.78 is 19.3. The van der Waals surface area contributed by atoms with E-state index in [0.29, 0.717) is 5.56 Å². The van der Waals surface area contributed by atoms with E-state index in [-0.39, 0.29) is 24.6 Å². The Morgan fingerprint density at radius 3 is 2.70 bits per heavy atom. The molecule has 1 N–H and O–H groups in total. The molecule has 0 saturated carbocycles. The van der Waals surface area contributed by atoms with Crippen molar-refractivity contribution in [3.05, 3.63) is 35.1 Å². The van der Waals surface area contributed by atoms with E-state index in [1.165, 1.54) is 6.07 Å². The molecule has 2 atom stereocenters. The van der Waals surface area contributed by atoms with Crippen LogP contribution in [0.3, 0.4) is 0 Å². The molecule has 1 aliphatic heterocycles. The Morgan fingerprint density at radius 1 is 1.35 bits per heavy atom. The highest BCUT2D eigenvalue weighted by Crippen LogP contribution is 2.16. The quantitative estimate of drug-likeness (QED) is 0.836. The third-order valence-corrected chi connectivity index (χ3v) is 3.23. The van der Waals surface area contributed by atoms with Gasteiger partial charge in [-0.1, -0.05) is 17.9 Å². The van der Waals surface area contributed by atoms with E-state index in [2.05, 4.69) is 30.6 Å². The molecule has 1 aliphatic rings. The van der Waals surface area contributed by atoms with Crippen molar-refractivity contribution in [2.45, 2.75) is 32.6 Å². The topological polar surface area (TPSA) is 32.7 Å². The number of nitrogens with zero attached hydrogens (tertiary/aromatic N) is 1. The van der Waals surface area contributed by atoms with Crippen LogP contribution in [0, 0.1) is 17.7 Å². The number of halogens is 1. The predicted octanol–water partition coefficient (Wildman–Crippen LogP) is 1.78. The van der Waals surface area contributed by atoms with E-state index in [1.807, 2.05) is 0 Å². The molecule has 2 rings (SSSR count). The van der Waals surface area contributed by atoms with Crippen molar-refractivity contribution < 1.29 is 14.2 Å². The Morgan fingerprint density at radius 2 is 2.05 bits per heavy atom. The fraction of sp³-hybridized carbons (Fsp3) is 0.500. The van der Waals surface area contributed by atoms with Crippen LogP contribution in [-0.2, 0) is 11.3 Å². The Bertz CT molecular complexity index is 511. The summed E-state index contributed by atoms with van der Waals surface area (Å²) in [5, 5.41) is 8.69. The van der Waals surface area contributed by atoms with Crippen LogP contribution in [0.15, 0.2) is 18.2 Å². The van der Waals surface area contributed by atoms with E-state index in [9.17, 15) is 4.39 Å². The van der Waals surface area contributed by atoms with Crippen LogP contribution in [0.2, 0.25) is 0 Å². The summed E-state index contributed by atoms with van der Waals surface area (Å²) in [6.07, 6.45) is 0.431. The number of hydrogen-bond acceptors (Lipinski definition) is 3. The lowest BCUT2D eigenvalue weighted by atomic mass is 10.1. The Labute approximate surface area is 119 Å². The summed E-state index contributed by atoms with van der Waals surface area (Å²) in [5.74, 6) is 4.77. The third kappa shape index (κ3) is 4.04. The molecule has 1 heterocycles. The van der Waals surface area contributed by atoms with Gasteiger partial charge in [0.05, 0.1) is 17.8 Å². The van der Waals surface area contributed by atoms with Crippen molar-refractivity contribution in [3.63, 3.8) is 0 Å². The summed E-state index contributed by atoms with van der Waals surface area (Å²) >= 11 is 0. The minimum Gasteiger partial charge on any atom is -0.384 e. The minimum absolute atomic E-state index is 0.216. The molecule has 1 saturated heterocycles. The van der Waals surface area contributed by atoms with Crippen molar-refractivity contribution in [2.24, 2.45) is 0 Å². The maximum atomic E-state index is 13.6. The molecule has 0 aliphatic carbocycles. The molecule has 0 unspecified atom stereocenters. The Kier molecular flexibility index (Phi) is 5.13. The smallest absolute Gasteiger partial charge is 0.138 e. The number of benzene rings is 1. The molecule has 3 nitrogen and oxygen atoms in total. The second kappa shape index (κ2) is 6.85. The molecule has 20 heavy (non-hydrogen) atoms. The minimum atomic E-state index is -0.349. The van der Waals surface area contributed by atoms with Gasteiger partial charge in [0.2, 0.25) is 0 Å². The molecule has 1 aromatic rings. The van der Waals surface area contributed by atoms with E-state index >= 15 is 0 Å². The molecule has 0 amide bonds. The SMILES string of the molecule is C[C@@H]1CN(Cc2ccc(F)c(C#CCO)c2)C[C@H](C)O1. The summed E-state index contributed by atoms with van der Waals surface area (Å²) in [4.78, 5) is 2.30. The van der Waals surface area contributed by atoms with Crippen LogP contribution >= 0.6 is 0 Å². The van der Waals surface area contributed by atoms with E-state index in [4.69, 9.17) is 9.84 Å². The number of ether oxygens (including phenoxy) is 1. The first-order chi connectivity index (χ1) is 9.58. The molecule has 1 fully saturated rings. The molecule has 0 aromatic heterocycles. The van der Waals surface area contributed by atoms with Gasteiger partial charge in [-0.15, -0.1) is 0 Å². The van der Waals surface area contributed by atoms with Crippen molar-refractivity contribution in [1.29, 1.82) is 0 Å². The van der Waals surface area contributed by atoms with Gasteiger partial charge in [0.25, 0.3) is 0 Å². The molecule has 108 valence electrons. The lowest BCUT2D eigenvalue weighted by Gasteiger charge is -2.35. The predicted molar refractivity (Wildman–Crippen MR) is 75.6 cm³/mol. The first-order valence-corrected chi connectivity index (χ1v) is 6.84. The number of aliphatic hydroxyl groups is 1. The monoisotopic (exact) mass is 277 g/mol. The zero-order valence-electron chi connectivity index (χ0n) is 11.9. The summed E-state index contributed by atoms with van der Waals surface area (Å²) in [5.41, 5.74) is 1.36. The van der Waals surface area contributed by atoms with Gasteiger partial charge in [0.15, 0.2) is 0 Å². The van der Waals surface area contributed by atoms with E-state index < -0.39 is 0 Å². The Balaban J connectivity index is 2.09. The zero-order valence-corrected chi connectivity index (χ0v) is 11.9. The van der Waals surface area contributed by atoms with Crippen molar-refractivity contribution in [3.8, 4) is 11.8 Å². The largest absolute Gasteiger partial charge is 0.384 e. The fourth-order valence-corrected chi connectivity index (χ4v) is 2.57. The van der Waals surface area contributed by atoms with Gasteiger partial charge in [-0.3, -0.25) is 4.90 Å². The maximum absolute atomic E-state index is 13.6. The second-order valence-electron chi connectivity index (χ2n) is 5.23. The van der Waals surface area contributed by atoms with Crippen LogP contribution in [0.4, 0.5) is 4.39 Å². The third-order valence-electron chi connectivity index (χ3n) is 3.23. The van der Waals surface area contributed by atoms with E-state index in [0.717, 1.165) is 25.2 Å². The molecular formula is C16H20FNO2. The number of hydrogen-bond donors (Lipinski definition) is 1. The molecule has 0 radical (unpaired) electrons. The molecule has 0 bridgehead atoms. The average Bonchev–Trinajstić information content (AvgIpc) is 2.38. The lowest BCUT2D eigenvalue weighted by Crippen LogP contribution is -2.44. The van der Waals surface area contributed by atoms with E-state index in [1.54, 1.807) is 12.1 Å². The molecule has 1 aromatic carbocycles. The highest BCUT2D eigenvalue weighted by Gasteiger charge is 2.22. The van der Waals surface area contributed by atoms with Crippen molar-refractivity contribution >= 4 is 0 Å². The van der Waals surface area contributed by atoms with Crippen molar-refractivity contribution in [2.75, 3.05) is 19.7 Å². The van der Waals surface area contributed by atoms with Gasteiger partial charge >= 0.3 is 0 Å². The molecule has 4 heteroatoms. The molecular weight excluding hydrogens is 257 g/mol. The standard InChI is InChI=1S/C16H20FNO2/c1-12-9-18(10-13(2)20-12)11-14-5-6-16(17)15(8-14)4-3-7-19/h5-6,8,12-13,19H,7,9-11H2,1-2H3/t12-,13+. The van der Waals surface area contributed by atoms with Gasteiger partial charge < -0.3 is 9.84 Å². The number of rotatable bonds is 2. The first kappa shape index (κ1) is 15.0. The van der Waals surface area contributed by atoms with Crippen LogP contribution in [0.1, 0.15) is 25.0 Å². The highest BCUT2D eigenvalue weighted by atomic mass is 19.1. The zero-order chi connectivity index (χ0) is 14.5. The summed E-state index contributed by atoms with van der Waals surface area (Å²) in [6.45, 7) is 6.37.